The zero-order valence-corrected chi connectivity index (χ0v) is 11.9. The van der Waals surface area contributed by atoms with Gasteiger partial charge in [0.15, 0.2) is 11.5 Å². The van der Waals surface area contributed by atoms with Gasteiger partial charge in [0.1, 0.15) is 0 Å². The number of nitrogens with zero attached hydrogens (tertiary/aromatic N) is 2. The molecular formula is C15H21N3O2. The van der Waals surface area contributed by atoms with Crippen LogP contribution in [0.3, 0.4) is 0 Å². The molecule has 0 bridgehead atoms. The molecule has 2 N–H and O–H groups in total. The third kappa shape index (κ3) is 3.74. The van der Waals surface area contributed by atoms with E-state index in [-0.39, 0.29) is 11.8 Å². The molecule has 5 nitrogen and oxygen atoms in total. The number of phenolic OH excluding ortho intramolecular Hbond substituents is 1. The van der Waals surface area contributed by atoms with E-state index in [0.717, 1.165) is 12.1 Å². The van der Waals surface area contributed by atoms with E-state index in [9.17, 15) is 5.11 Å². The van der Waals surface area contributed by atoms with E-state index in [1.807, 2.05) is 29.8 Å². The second kappa shape index (κ2) is 6.96. The van der Waals surface area contributed by atoms with Crippen LogP contribution in [0.1, 0.15) is 19.4 Å². The van der Waals surface area contributed by atoms with Crippen molar-refractivity contribution in [3.8, 4) is 11.5 Å². The minimum absolute atomic E-state index is 0.219. The molecule has 1 heterocycles. The number of ether oxygens (including phenoxy) is 1. The number of aromatic nitrogens is 2. The highest BCUT2D eigenvalue weighted by Crippen LogP contribution is 2.29. The molecule has 0 amide bonds. The van der Waals surface area contributed by atoms with Crippen molar-refractivity contribution >= 4 is 0 Å². The third-order valence-corrected chi connectivity index (χ3v) is 3.07. The van der Waals surface area contributed by atoms with Crippen LogP contribution in [0.2, 0.25) is 0 Å². The number of hydrogen-bond acceptors (Lipinski definition) is 4. The maximum Gasteiger partial charge on any atom is 0.162 e. The van der Waals surface area contributed by atoms with E-state index >= 15 is 0 Å². The highest BCUT2D eigenvalue weighted by molar-refractivity contribution is 5.45. The molecule has 0 saturated carbocycles. The Kier molecular flexibility index (Phi) is 5.01. The van der Waals surface area contributed by atoms with Crippen LogP contribution < -0.4 is 10.1 Å². The Morgan fingerprint density at radius 1 is 1.45 bits per heavy atom. The standard InChI is InChI=1S/C15H21N3O2/c1-3-20-14-6-4-5-13(15(14)19)9-17-12(2)10-18-8-7-16-11-18/h4-8,11-12,17,19H,3,9-10H2,1-2H3. The third-order valence-electron chi connectivity index (χ3n) is 3.07. The van der Waals surface area contributed by atoms with Crippen molar-refractivity contribution in [2.75, 3.05) is 6.61 Å². The van der Waals surface area contributed by atoms with Gasteiger partial charge in [-0.3, -0.25) is 0 Å². The second-order valence-electron chi connectivity index (χ2n) is 4.74. The molecule has 108 valence electrons. The molecule has 0 radical (unpaired) electrons. The van der Waals surface area contributed by atoms with Crippen LogP contribution in [0.4, 0.5) is 0 Å². The Morgan fingerprint density at radius 2 is 2.30 bits per heavy atom. The number of aromatic hydroxyl groups is 1. The van der Waals surface area contributed by atoms with Gasteiger partial charge in [-0.25, -0.2) is 4.98 Å². The normalized spacial score (nSPS) is 12.3. The molecule has 0 aliphatic heterocycles. The molecule has 2 rings (SSSR count). The topological polar surface area (TPSA) is 59.3 Å². The van der Waals surface area contributed by atoms with Gasteiger partial charge in [-0.1, -0.05) is 12.1 Å². The van der Waals surface area contributed by atoms with Crippen LogP contribution in [-0.2, 0) is 13.1 Å². The molecule has 1 aromatic carbocycles. The summed E-state index contributed by atoms with van der Waals surface area (Å²) in [4.78, 5) is 4.02. The second-order valence-corrected chi connectivity index (χ2v) is 4.74. The summed E-state index contributed by atoms with van der Waals surface area (Å²) in [6.07, 6.45) is 5.50. The summed E-state index contributed by atoms with van der Waals surface area (Å²) in [5.41, 5.74) is 0.841. The van der Waals surface area contributed by atoms with E-state index < -0.39 is 0 Å². The SMILES string of the molecule is CCOc1cccc(CNC(C)Cn2ccnc2)c1O. The Morgan fingerprint density at radius 3 is 3.00 bits per heavy atom. The molecule has 20 heavy (non-hydrogen) atoms. The molecule has 1 aromatic heterocycles. The largest absolute Gasteiger partial charge is 0.504 e. The predicted octanol–water partition coefficient (Wildman–Crippen LogP) is 2.17. The monoisotopic (exact) mass is 275 g/mol. The molecule has 2 aromatic rings. The lowest BCUT2D eigenvalue weighted by molar-refractivity contribution is 0.316. The van der Waals surface area contributed by atoms with Gasteiger partial charge in [-0.15, -0.1) is 0 Å². The summed E-state index contributed by atoms with van der Waals surface area (Å²) in [5.74, 6) is 0.755. The fourth-order valence-corrected chi connectivity index (χ4v) is 2.04. The summed E-state index contributed by atoms with van der Waals surface area (Å²) in [7, 11) is 0. The average Bonchev–Trinajstić information content (AvgIpc) is 2.93. The summed E-state index contributed by atoms with van der Waals surface area (Å²) in [5, 5.41) is 13.5. The van der Waals surface area contributed by atoms with Crippen molar-refractivity contribution in [1.82, 2.24) is 14.9 Å². The molecule has 1 unspecified atom stereocenters. The first-order valence-electron chi connectivity index (χ1n) is 6.83. The van der Waals surface area contributed by atoms with Gasteiger partial charge in [0.25, 0.3) is 0 Å². The van der Waals surface area contributed by atoms with Crippen LogP contribution in [0.25, 0.3) is 0 Å². The first-order chi connectivity index (χ1) is 9.70. The lowest BCUT2D eigenvalue weighted by atomic mass is 10.1. The van der Waals surface area contributed by atoms with E-state index in [4.69, 9.17) is 4.74 Å². The van der Waals surface area contributed by atoms with Crippen LogP contribution >= 0.6 is 0 Å². The number of rotatable bonds is 7. The van der Waals surface area contributed by atoms with Crippen LogP contribution in [0, 0.1) is 0 Å². The first-order valence-corrected chi connectivity index (χ1v) is 6.83. The zero-order chi connectivity index (χ0) is 14.4. The predicted molar refractivity (Wildman–Crippen MR) is 77.8 cm³/mol. The number of para-hydroxylation sites is 1. The van der Waals surface area contributed by atoms with Gasteiger partial charge in [0.05, 0.1) is 12.9 Å². The zero-order valence-electron chi connectivity index (χ0n) is 11.9. The summed E-state index contributed by atoms with van der Waals surface area (Å²) >= 11 is 0. The molecule has 1 atom stereocenters. The lowest BCUT2D eigenvalue weighted by Gasteiger charge is -2.16. The Labute approximate surface area is 119 Å². The fraction of sp³-hybridized carbons (Fsp3) is 0.400. The average molecular weight is 275 g/mol. The Balaban J connectivity index is 1.91. The summed E-state index contributed by atoms with van der Waals surface area (Å²) < 4.78 is 7.40. The number of benzene rings is 1. The Hall–Kier alpha value is -2.01. The van der Waals surface area contributed by atoms with Crippen LogP contribution in [0.15, 0.2) is 36.9 Å². The van der Waals surface area contributed by atoms with E-state index in [0.29, 0.717) is 18.9 Å². The minimum Gasteiger partial charge on any atom is -0.504 e. The molecule has 0 fully saturated rings. The maximum absolute atomic E-state index is 10.1. The highest BCUT2D eigenvalue weighted by atomic mass is 16.5. The highest BCUT2D eigenvalue weighted by Gasteiger charge is 2.09. The van der Waals surface area contributed by atoms with Gasteiger partial charge in [-0.05, 0) is 19.9 Å². The van der Waals surface area contributed by atoms with E-state index in [1.165, 1.54) is 0 Å². The van der Waals surface area contributed by atoms with Gasteiger partial charge in [-0.2, -0.15) is 0 Å². The molecule has 0 saturated heterocycles. The van der Waals surface area contributed by atoms with Crippen molar-refractivity contribution < 1.29 is 9.84 Å². The summed E-state index contributed by atoms with van der Waals surface area (Å²) in [6.45, 7) is 5.98. The van der Waals surface area contributed by atoms with Gasteiger partial charge >= 0.3 is 0 Å². The maximum atomic E-state index is 10.1. The molecule has 5 heteroatoms. The minimum atomic E-state index is 0.219. The summed E-state index contributed by atoms with van der Waals surface area (Å²) in [6, 6.07) is 5.84. The number of phenols is 1. The molecule has 0 aliphatic rings. The van der Waals surface area contributed by atoms with Crippen molar-refractivity contribution in [2.24, 2.45) is 0 Å². The van der Waals surface area contributed by atoms with Crippen LogP contribution in [0.5, 0.6) is 11.5 Å². The van der Waals surface area contributed by atoms with Crippen molar-refractivity contribution in [3.05, 3.63) is 42.5 Å². The number of imidazole rings is 1. The van der Waals surface area contributed by atoms with Crippen LogP contribution in [-0.4, -0.2) is 27.3 Å². The first kappa shape index (κ1) is 14.4. The van der Waals surface area contributed by atoms with E-state index in [1.54, 1.807) is 18.6 Å². The number of nitrogens with one attached hydrogen (secondary N) is 1. The molecular weight excluding hydrogens is 254 g/mol. The van der Waals surface area contributed by atoms with Gasteiger partial charge < -0.3 is 19.7 Å². The molecule has 0 aliphatic carbocycles. The molecule has 0 spiro atoms. The van der Waals surface area contributed by atoms with Crippen molar-refractivity contribution in [1.29, 1.82) is 0 Å². The van der Waals surface area contributed by atoms with Gasteiger partial charge in [0, 0.05) is 37.1 Å². The fourth-order valence-electron chi connectivity index (χ4n) is 2.04. The van der Waals surface area contributed by atoms with Crippen molar-refractivity contribution in [3.63, 3.8) is 0 Å². The van der Waals surface area contributed by atoms with E-state index in [2.05, 4.69) is 17.2 Å². The van der Waals surface area contributed by atoms with Gasteiger partial charge in [0.2, 0.25) is 0 Å². The Bertz CT molecular complexity index is 526. The van der Waals surface area contributed by atoms with Crippen molar-refractivity contribution in [2.45, 2.75) is 33.0 Å². The smallest absolute Gasteiger partial charge is 0.162 e. The number of hydrogen-bond donors (Lipinski definition) is 2. The quantitative estimate of drug-likeness (QED) is 0.813. The lowest BCUT2D eigenvalue weighted by Crippen LogP contribution is -2.29.